The summed E-state index contributed by atoms with van der Waals surface area (Å²) in [6.45, 7) is 0.633. The van der Waals surface area contributed by atoms with E-state index in [1.165, 1.54) is 19.3 Å². The van der Waals surface area contributed by atoms with E-state index in [1.54, 1.807) is 11.8 Å². The number of thioether (sulfide) groups is 1. The molecule has 5 fully saturated rings. The molecule has 4 aliphatic carbocycles. The Morgan fingerprint density at radius 3 is 2.20 bits per heavy atom. The molecule has 8 rings (SSSR count). The zero-order valence-corrected chi connectivity index (χ0v) is 27.2. The van der Waals surface area contributed by atoms with E-state index in [0.717, 1.165) is 82.6 Å². The van der Waals surface area contributed by atoms with E-state index in [1.807, 2.05) is 42.5 Å². The second-order valence-corrected chi connectivity index (χ2v) is 15.1. The number of urea groups is 1. The number of aliphatic hydroxyl groups is 2. The van der Waals surface area contributed by atoms with Gasteiger partial charge in [-0.25, -0.2) is 4.79 Å². The van der Waals surface area contributed by atoms with E-state index in [0.29, 0.717) is 12.3 Å². The highest BCUT2D eigenvalue weighted by Gasteiger charge is 2.51. The Morgan fingerprint density at radius 1 is 0.804 bits per heavy atom. The molecule has 1 aliphatic heterocycles. The van der Waals surface area contributed by atoms with Crippen LogP contribution in [0.2, 0.25) is 0 Å². The summed E-state index contributed by atoms with van der Waals surface area (Å²) in [5, 5.41) is 25.4. The second-order valence-electron chi connectivity index (χ2n) is 14.0. The number of carbonyl (C=O) groups is 1. The molecule has 46 heavy (non-hydrogen) atoms. The van der Waals surface area contributed by atoms with Gasteiger partial charge in [0.2, 0.25) is 0 Å². The number of carbonyl (C=O) groups excluding carboxylic acids is 1. The van der Waals surface area contributed by atoms with Crippen LogP contribution in [-0.4, -0.2) is 46.0 Å². The average molecular weight is 643 g/mol. The summed E-state index contributed by atoms with van der Waals surface area (Å²) in [5.74, 6) is 3.83. The van der Waals surface area contributed by atoms with Gasteiger partial charge in [-0.1, -0.05) is 60.7 Å². The Labute approximate surface area is 276 Å². The van der Waals surface area contributed by atoms with Crippen LogP contribution in [0.25, 0.3) is 11.1 Å². The van der Waals surface area contributed by atoms with Crippen molar-refractivity contribution < 1.29 is 24.5 Å². The maximum atomic E-state index is 13.1. The monoisotopic (exact) mass is 642 g/mol. The molecule has 244 valence electrons. The number of hydrogen-bond acceptors (Lipinski definition) is 6. The molecule has 1 heterocycles. The van der Waals surface area contributed by atoms with Gasteiger partial charge in [0.25, 0.3) is 0 Å². The van der Waals surface area contributed by atoms with Crippen molar-refractivity contribution >= 4 is 17.8 Å². The van der Waals surface area contributed by atoms with Crippen molar-refractivity contribution in [1.82, 2.24) is 10.6 Å². The van der Waals surface area contributed by atoms with Crippen LogP contribution in [0.3, 0.4) is 0 Å². The Morgan fingerprint density at radius 2 is 1.50 bits per heavy atom. The fourth-order valence-corrected chi connectivity index (χ4v) is 9.53. The first-order valence-electron chi connectivity index (χ1n) is 16.9. The molecule has 0 spiro atoms. The summed E-state index contributed by atoms with van der Waals surface area (Å²) in [4.78, 5) is 13.1. The minimum Gasteiger partial charge on any atom is -0.396 e. The summed E-state index contributed by atoms with van der Waals surface area (Å²) in [7, 11) is 0. The van der Waals surface area contributed by atoms with Gasteiger partial charge in [0.1, 0.15) is 0 Å². The molecule has 3 unspecified atom stereocenters. The maximum Gasteiger partial charge on any atom is 0.315 e. The fourth-order valence-electron chi connectivity index (χ4n) is 8.76. The van der Waals surface area contributed by atoms with Gasteiger partial charge in [-0.3, -0.25) is 0 Å². The highest BCUT2D eigenvalue weighted by Crippen LogP contribution is 2.55. The Bertz CT molecular complexity index is 1460. The molecule has 4 N–H and O–H groups in total. The highest BCUT2D eigenvalue weighted by atomic mass is 32.2. The first-order valence-corrected chi connectivity index (χ1v) is 18.1. The van der Waals surface area contributed by atoms with Crippen LogP contribution in [0.15, 0.2) is 72.8 Å². The maximum absolute atomic E-state index is 13.1. The number of amides is 2. The van der Waals surface area contributed by atoms with Crippen LogP contribution in [0, 0.1) is 17.8 Å². The summed E-state index contributed by atoms with van der Waals surface area (Å²) in [6.07, 6.45) is 7.53. The van der Waals surface area contributed by atoms with Crippen LogP contribution in [0.1, 0.15) is 79.6 Å². The average Bonchev–Trinajstić information content (AvgIpc) is 3.07. The van der Waals surface area contributed by atoms with Crippen molar-refractivity contribution in [2.45, 2.75) is 82.1 Å². The number of ether oxygens (including phenoxy) is 2. The van der Waals surface area contributed by atoms with Crippen molar-refractivity contribution in [3.05, 3.63) is 95.1 Å². The van der Waals surface area contributed by atoms with Crippen molar-refractivity contribution in [3.8, 4) is 11.1 Å². The molecule has 4 saturated carbocycles. The van der Waals surface area contributed by atoms with Crippen LogP contribution in [0.5, 0.6) is 0 Å². The molecule has 5 aliphatic rings. The first-order chi connectivity index (χ1) is 22.5. The van der Waals surface area contributed by atoms with Crippen molar-refractivity contribution in [2.75, 3.05) is 18.1 Å². The Hall–Kier alpha value is -2.88. The Kier molecular flexibility index (Phi) is 9.70. The molecule has 0 aromatic heterocycles. The van der Waals surface area contributed by atoms with Gasteiger partial charge in [0.15, 0.2) is 6.29 Å². The molecule has 0 radical (unpaired) electrons. The number of nitrogens with one attached hydrogen (secondary N) is 2. The second kappa shape index (κ2) is 14.1. The number of rotatable bonds is 11. The lowest BCUT2D eigenvalue weighted by Crippen LogP contribution is -2.61. The third-order valence-corrected chi connectivity index (χ3v) is 11.5. The zero-order valence-electron chi connectivity index (χ0n) is 26.4. The predicted octanol–water partition coefficient (Wildman–Crippen LogP) is 6.88. The van der Waals surface area contributed by atoms with Crippen LogP contribution < -0.4 is 10.6 Å². The lowest BCUT2D eigenvalue weighted by atomic mass is 9.53. The zero-order chi connectivity index (χ0) is 31.5. The molecule has 8 heteroatoms. The first kappa shape index (κ1) is 31.7. The lowest BCUT2D eigenvalue weighted by molar-refractivity contribution is -0.245. The van der Waals surface area contributed by atoms with Gasteiger partial charge in [-0.2, -0.15) is 11.8 Å². The standard InChI is InChI=1S/C38H46N2O5S/c41-11-12-46-24-34-18-35(30-9-7-25(23-42)8-10-30)45-36(44-34)33-6-2-5-32(17-33)31-4-1-3-26(16-31)22-39-37(43)40-38-19-27-13-28(20-38)15-29(14-27)21-38/h1-10,16-17,27-29,34-36,41-42H,11-15,18-24H2,(H2,39,40,43). The summed E-state index contributed by atoms with van der Waals surface area (Å²) >= 11 is 1.69. The minimum atomic E-state index is -0.533. The molecule has 3 aromatic carbocycles. The number of benzene rings is 3. The third kappa shape index (κ3) is 7.32. The third-order valence-electron chi connectivity index (χ3n) is 10.4. The highest BCUT2D eigenvalue weighted by molar-refractivity contribution is 7.99. The van der Waals surface area contributed by atoms with Crippen LogP contribution in [-0.2, 0) is 22.6 Å². The smallest absolute Gasteiger partial charge is 0.315 e. The predicted molar refractivity (Wildman–Crippen MR) is 181 cm³/mol. The summed E-state index contributed by atoms with van der Waals surface area (Å²) < 4.78 is 13.0. The Balaban J connectivity index is 1.02. The van der Waals surface area contributed by atoms with Crippen LogP contribution in [0.4, 0.5) is 4.79 Å². The van der Waals surface area contributed by atoms with E-state index in [-0.39, 0.29) is 37.0 Å². The SMILES string of the molecule is O=C(NCc1cccc(-c2cccc(C3OC(CSCCO)CC(c4ccc(CO)cc4)O3)c2)c1)NC12CC3CC(CC(C3)C1)C2. The largest absolute Gasteiger partial charge is 0.396 e. The molecule has 1 saturated heterocycles. The van der Waals surface area contributed by atoms with Crippen molar-refractivity contribution in [3.63, 3.8) is 0 Å². The molecular weight excluding hydrogens is 596 g/mol. The van der Waals surface area contributed by atoms with Gasteiger partial charge in [-0.15, -0.1) is 0 Å². The quantitative estimate of drug-likeness (QED) is 0.170. The molecule has 7 nitrogen and oxygen atoms in total. The van der Waals surface area contributed by atoms with E-state index >= 15 is 0 Å². The van der Waals surface area contributed by atoms with E-state index < -0.39 is 6.29 Å². The minimum absolute atomic E-state index is 0.00278. The number of aliphatic hydroxyl groups excluding tert-OH is 2. The molecule has 3 aromatic rings. The van der Waals surface area contributed by atoms with Gasteiger partial charge in [0, 0.05) is 35.6 Å². The molecule has 4 bridgehead atoms. The van der Waals surface area contributed by atoms with E-state index in [2.05, 4.69) is 41.0 Å². The van der Waals surface area contributed by atoms with E-state index in [9.17, 15) is 15.0 Å². The van der Waals surface area contributed by atoms with Gasteiger partial charge < -0.3 is 30.3 Å². The topological polar surface area (TPSA) is 100 Å². The van der Waals surface area contributed by atoms with Gasteiger partial charge in [0.05, 0.1) is 25.4 Å². The lowest BCUT2D eigenvalue weighted by Gasteiger charge is -2.56. The molecule has 2 amide bonds. The summed E-state index contributed by atoms with van der Waals surface area (Å²) in [5.41, 5.74) is 6.07. The number of hydrogen-bond donors (Lipinski definition) is 4. The fraction of sp³-hybridized carbons (Fsp3) is 0.500. The molecule has 3 atom stereocenters. The summed E-state index contributed by atoms with van der Waals surface area (Å²) in [6, 6.07) is 24.5. The van der Waals surface area contributed by atoms with Crippen molar-refractivity contribution in [1.29, 1.82) is 0 Å². The van der Waals surface area contributed by atoms with Crippen LogP contribution >= 0.6 is 11.8 Å². The normalized spacial score (nSPS) is 29.9. The van der Waals surface area contributed by atoms with Gasteiger partial charge >= 0.3 is 6.03 Å². The van der Waals surface area contributed by atoms with E-state index in [4.69, 9.17) is 9.47 Å². The van der Waals surface area contributed by atoms with Gasteiger partial charge in [-0.05, 0) is 96.2 Å². The van der Waals surface area contributed by atoms with Crippen molar-refractivity contribution in [2.24, 2.45) is 17.8 Å². The molecular formula is C38H46N2O5S.